The Hall–Kier alpha value is -0.330. The minimum Gasteiger partial charge on any atom is -0.289 e. The highest BCUT2D eigenvalue weighted by atomic mass is 14.8. The van der Waals surface area contributed by atoms with Crippen LogP contribution in [0.1, 0.15) is 48.0 Å². The third kappa shape index (κ3) is 7.57. The van der Waals surface area contributed by atoms with Gasteiger partial charge in [-0.2, -0.15) is 0 Å². The van der Waals surface area contributed by atoms with E-state index < -0.39 is 0 Å². The molecule has 11 heavy (non-hydrogen) atoms. The van der Waals surface area contributed by atoms with Crippen LogP contribution in [-0.4, -0.2) is 11.3 Å². The van der Waals surface area contributed by atoms with Crippen molar-refractivity contribution >= 4 is 5.71 Å². The maximum atomic E-state index is 4.57. The van der Waals surface area contributed by atoms with Crippen LogP contribution in [-0.2, 0) is 0 Å². The molecule has 0 aliphatic heterocycles. The predicted molar refractivity (Wildman–Crippen MR) is 52.3 cm³/mol. The molecule has 0 amide bonds. The number of rotatable bonds is 2. The van der Waals surface area contributed by atoms with E-state index in [-0.39, 0.29) is 5.54 Å². The van der Waals surface area contributed by atoms with Crippen LogP contribution in [0.3, 0.4) is 0 Å². The van der Waals surface area contributed by atoms with Gasteiger partial charge in [-0.15, -0.1) is 0 Å². The Balaban J connectivity index is 4.01. The van der Waals surface area contributed by atoms with E-state index in [2.05, 4.69) is 46.5 Å². The first kappa shape index (κ1) is 10.7. The Morgan fingerprint density at radius 1 is 1.27 bits per heavy atom. The van der Waals surface area contributed by atoms with Gasteiger partial charge >= 0.3 is 0 Å². The number of hydrogen-bond donors (Lipinski definition) is 0. The van der Waals surface area contributed by atoms with Gasteiger partial charge in [-0.1, -0.05) is 13.8 Å². The molecule has 1 nitrogen and oxygen atoms in total. The molecule has 0 fully saturated rings. The molecular formula is C10H21N. The lowest BCUT2D eigenvalue weighted by molar-refractivity contribution is 0.575. The van der Waals surface area contributed by atoms with Gasteiger partial charge in [0.2, 0.25) is 0 Å². The van der Waals surface area contributed by atoms with E-state index in [1.807, 2.05) is 0 Å². The van der Waals surface area contributed by atoms with Gasteiger partial charge in [0.15, 0.2) is 0 Å². The second kappa shape index (κ2) is 3.89. The standard InChI is InChI=1S/C10H21N/c1-8(2)7-9(3)11-10(4,5)6/h8H,7H2,1-6H3/b11-9-. The first-order chi connectivity index (χ1) is 4.81. The van der Waals surface area contributed by atoms with Crippen LogP contribution < -0.4 is 0 Å². The average molecular weight is 155 g/mol. The Kier molecular flexibility index (Phi) is 3.77. The summed E-state index contributed by atoms with van der Waals surface area (Å²) in [7, 11) is 0. The number of aliphatic imine (C=N–C) groups is 1. The van der Waals surface area contributed by atoms with Crippen molar-refractivity contribution in [2.75, 3.05) is 0 Å². The Morgan fingerprint density at radius 2 is 1.73 bits per heavy atom. The maximum Gasteiger partial charge on any atom is 0.0523 e. The van der Waals surface area contributed by atoms with Gasteiger partial charge in [0.1, 0.15) is 0 Å². The van der Waals surface area contributed by atoms with Gasteiger partial charge in [-0.3, -0.25) is 4.99 Å². The smallest absolute Gasteiger partial charge is 0.0523 e. The zero-order chi connectivity index (χ0) is 9.07. The van der Waals surface area contributed by atoms with Gasteiger partial charge in [-0.25, -0.2) is 0 Å². The van der Waals surface area contributed by atoms with Crippen molar-refractivity contribution < 1.29 is 0 Å². The van der Waals surface area contributed by atoms with Crippen molar-refractivity contribution in [3.63, 3.8) is 0 Å². The van der Waals surface area contributed by atoms with E-state index in [0.717, 1.165) is 12.3 Å². The molecule has 0 saturated heterocycles. The SMILES string of the molecule is C/C(CC(C)C)=N/C(C)(C)C. The van der Waals surface area contributed by atoms with E-state index in [1.54, 1.807) is 0 Å². The maximum absolute atomic E-state index is 4.57. The fraction of sp³-hybridized carbons (Fsp3) is 0.900. The minimum atomic E-state index is 0.0962. The van der Waals surface area contributed by atoms with E-state index in [1.165, 1.54) is 5.71 Å². The molecule has 66 valence electrons. The predicted octanol–water partition coefficient (Wildman–Crippen LogP) is 3.29. The summed E-state index contributed by atoms with van der Waals surface area (Å²) in [6.07, 6.45) is 1.12. The number of hydrogen-bond acceptors (Lipinski definition) is 1. The molecular weight excluding hydrogens is 134 g/mol. The Labute approximate surface area is 70.9 Å². The van der Waals surface area contributed by atoms with E-state index in [0.29, 0.717) is 0 Å². The van der Waals surface area contributed by atoms with Crippen LogP contribution in [0, 0.1) is 5.92 Å². The van der Waals surface area contributed by atoms with Gasteiger partial charge in [0, 0.05) is 5.71 Å². The largest absolute Gasteiger partial charge is 0.289 e. The molecule has 0 radical (unpaired) electrons. The molecule has 0 aromatic carbocycles. The van der Waals surface area contributed by atoms with Crippen LogP contribution in [0.2, 0.25) is 0 Å². The van der Waals surface area contributed by atoms with Crippen molar-refractivity contribution in [3.05, 3.63) is 0 Å². The highest BCUT2D eigenvalue weighted by molar-refractivity contribution is 5.82. The third-order valence-corrected chi connectivity index (χ3v) is 1.23. The van der Waals surface area contributed by atoms with Crippen molar-refractivity contribution in [1.82, 2.24) is 0 Å². The topological polar surface area (TPSA) is 12.4 Å². The summed E-state index contributed by atoms with van der Waals surface area (Å²) in [6, 6.07) is 0. The molecule has 0 aromatic heterocycles. The van der Waals surface area contributed by atoms with Crippen LogP contribution in [0.4, 0.5) is 0 Å². The minimum absolute atomic E-state index is 0.0962. The van der Waals surface area contributed by atoms with E-state index in [4.69, 9.17) is 0 Å². The van der Waals surface area contributed by atoms with Crippen LogP contribution in [0.25, 0.3) is 0 Å². The molecule has 1 heteroatoms. The lowest BCUT2D eigenvalue weighted by Gasteiger charge is -2.14. The normalized spacial score (nSPS) is 14.3. The zero-order valence-electron chi connectivity index (χ0n) is 8.73. The molecule has 0 N–H and O–H groups in total. The second-order valence-corrected chi connectivity index (χ2v) is 4.62. The summed E-state index contributed by atoms with van der Waals surface area (Å²) in [5.41, 5.74) is 1.37. The molecule has 0 aliphatic carbocycles. The van der Waals surface area contributed by atoms with Crippen molar-refractivity contribution in [3.8, 4) is 0 Å². The molecule has 0 unspecified atom stereocenters. The van der Waals surface area contributed by atoms with Gasteiger partial charge in [0.05, 0.1) is 5.54 Å². The summed E-state index contributed by atoms with van der Waals surface area (Å²) < 4.78 is 0. The zero-order valence-corrected chi connectivity index (χ0v) is 8.73. The first-order valence-electron chi connectivity index (χ1n) is 4.36. The summed E-state index contributed by atoms with van der Waals surface area (Å²) in [4.78, 5) is 4.57. The molecule has 0 spiro atoms. The molecule has 0 saturated carbocycles. The molecule has 0 rings (SSSR count). The van der Waals surface area contributed by atoms with Gasteiger partial charge in [-0.05, 0) is 40.0 Å². The summed E-state index contributed by atoms with van der Waals surface area (Å²) >= 11 is 0. The molecule has 0 aromatic rings. The monoisotopic (exact) mass is 155 g/mol. The number of nitrogens with zero attached hydrogens (tertiary/aromatic N) is 1. The molecule has 0 aliphatic rings. The molecule has 0 bridgehead atoms. The molecule has 0 heterocycles. The van der Waals surface area contributed by atoms with Crippen LogP contribution in [0.5, 0.6) is 0 Å². The highest BCUT2D eigenvalue weighted by Crippen LogP contribution is 2.10. The summed E-state index contributed by atoms with van der Waals surface area (Å²) in [5, 5.41) is 0. The Morgan fingerprint density at radius 3 is 2.00 bits per heavy atom. The van der Waals surface area contributed by atoms with Crippen molar-refractivity contribution in [1.29, 1.82) is 0 Å². The Bertz CT molecular complexity index is 137. The lowest BCUT2D eigenvalue weighted by Crippen LogP contribution is -2.13. The van der Waals surface area contributed by atoms with Crippen molar-refractivity contribution in [2.45, 2.75) is 53.5 Å². The first-order valence-corrected chi connectivity index (χ1v) is 4.36. The van der Waals surface area contributed by atoms with E-state index >= 15 is 0 Å². The highest BCUT2D eigenvalue weighted by Gasteiger charge is 2.07. The van der Waals surface area contributed by atoms with Crippen molar-refractivity contribution in [2.24, 2.45) is 10.9 Å². The summed E-state index contributed by atoms with van der Waals surface area (Å²) in [5.74, 6) is 0.723. The molecule has 0 atom stereocenters. The third-order valence-electron chi connectivity index (χ3n) is 1.23. The van der Waals surface area contributed by atoms with E-state index in [9.17, 15) is 0 Å². The second-order valence-electron chi connectivity index (χ2n) is 4.62. The van der Waals surface area contributed by atoms with Crippen LogP contribution in [0.15, 0.2) is 4.99 Å². The fourth-order valence-electron chi connectivity index (χ4n) is 1.21. The summed E-state index contributed by atoms with van der Waals surface area (Å²) in [6.45, 7) is 13.0. The lowest BCUT2D eigenvalue weighted by atomic mass is 10.1. The quantitative estimate of drug-likeness (QED) is 0.543. The van der Waals surface area contributed by atoms with Gasteiger partial charge in [0.25, 0.3) is 0 Å². The van der Waals surface area contributed by atoms with Gasteiger partial charge < -0.3 is 0 Å². The van der Waals surface area contributed by atoms with Crippen LogP contribution >= 0.6 is 0 Å². The fourth-order valence-corrected chi connectivity index (χ4v) is 1.21. The average Bonchev–Trinajstić information content (AvgIpc) is 1.53.